The first-order chi connectivity index (χ1) is 14.6. The Hall–Kier alpha value is -2.75. The Morgan fingerprint density at radius 2 is 1.84 bits per heavy atom. The van der Waals surface area contributed by atoms with E-state index in [4.69, 9.17) is 13.9 Å². The number of rotatable bonds is 5. The molecule has 0 fully saturated rings. The van der Waals surface area contributed by atoms with Crippen molar-refractivity contribution in [2.45, 2.75) is 20.0 Å². The van der Waals surface area contributed by atoms with Crippen LogP contribution in [0.5, 0.6) is 11.5 Å². The first-order valence-corrected chi connectivity index (χ1v) is 9.94. The smallest absolute Gasteiger partial charge is 0.214 e. The quantitative estimate of drug-likeness (QED) is 0.300. The molecule has 0 amide bonds. The number of fused-ring (bicyclic) bond motifs is 1. The van der Waals surface area contributed by atoms with Crippen molar-refractivity contribution in [2.75, 3.05) is 27.3 Å². The van der Waals surface area contributed by atoms with Crippen molar-refractivity contribution in [3.63, 3.8) is 0 Å². The van der Waals surface area contributed by atoms with E-state index in [1.165, 1.54) is 5.56 Å². The molecule has 7 nitrogen and oxygen atoms in total. The van der Waals surface area contributed by atoms with Gasteiger partial charge in [0.05, 0.1) is 12.7 Å². The molecule has 2 heterocycles. The van der Waals surface area contributed by atoms with Crippen LogP contribution in [-0.2, 0) is 13.1 Å². The number of ether oxygens (including phenoxy) is 2. The van der Waals surface area contributed by atoms with E-state index in [1.54, 1.807) is 13.2 Å². The van der Waals surface area contributed by atoms with Crippen molar-refractivity contribution in [1.29, 1.82) is 0 Å². The van der Waals surface area contributed by atoms with Crippen molar-refractivity contribution in [3.05, 3.63) is 65.7 Å². The van der Waals surface area contributed by atoms with E-state index in [0.29, 0.717) is 32.2 Å². The van der Waals surface area contributed by atoms with E-state index in [2.05, 4.69) is 34.3 Å². The molecule has 0 bridgehead atoms. The Morgan fingerprint density at radius 1 is 1.10 bits per heavy atom. The minimum Gasteiger partial charge on any atom is -0.486 e. The summed E-state index contributed by atoms with van der Waals surface area (Å²) in [5.41, 5.74) is 3.34. The SMILES string of the molecule is CN=C(NCc1ncc(-c2ccc(C)cc2)o1)N(C)Cc1ccc2c(c1)OCCO2.I. The molecular weight excluding hydrogens is 507 g/mol. The minimum atomic E-state index is 0. The normalized spacial score (nSPS) is 12.8. The van der Waals surface area contributed by atoms with Crippen molar-refractivity contribution in [2.24, 2.45) is 4.99 Å². The summed E-state index contributed by atoms with van der Waals surface area (Å²) in [4.78, 5) is 10.8. The molecule has 0 atom stereocenters. The van der Waals surface area contributed by atoms with Gasteiger partial charge in [0.1, 0.15) is 13.2 Å². The molecular formula is C23H27IN4O3. The maximum absolute atomic E-state index is 5.89. The highest BCUT2D eigenvalue weighted by atomic mass is 127. The molecule has 2 aromatic carbocycles. The minimum absolute atomic E-state index is 0. The van der Waals surface area contributed by atoms with Crippen LogP contribution in [0.4, 0.5) is 0 Å². The van der Waals surface area contributed by atoms with Gasteiger partial charge in [-0.25, -0.2) is 4.98 Å². The van der Waals surface area contributed by atoms with Gasteiger partial charge in [-0.05, 0) is 24.6 Å². The predicted molar refractivity (Wildman–Crippen MR) is 131 cm³/mol. The number of aryl methyl sites for hydroxylation is 1. The van der Waals surface area contributed by atoms with Crippen LogP contribution in [0.1, 0.15) is 17.0 Å². The molecule has 0 radical (unpaired) electrons. The van der Waals surface area contributed by atoms with Crippen molar-refractivity contribution in [3.8, 4) is 22.8 Å². The third kappa shape index (κ3) is 5.69. The number of hydrogen-bond donors (Lipinski definition) is 1. The van der Waals surface area contributed by atoms with Crippen LogP contribution in [0, 0.1) is 6.92 Å². The summed E-state index contributed by atoms with van der Waals surface area (Å²) in [5.74, 6) is 3.70. The molecule has 1 aromatic heterocycles. The Morgan fingerprint density at radius 3 is 2.58 bits per heavy atom. The van der Waals surface area contributed by atoms with Gasteiger partial charge in [0, 0.05) is 26.2 Å². The van der Waals surface area contributed by atoms with Crippen molar-refractivity contribution < 1.29 is 13.9 Å². The lowest BCUT2D eigenvalue weighted by Gasteiger charge is -2.23. The number of oxazole rings is 1. The highest BCUT2D eigenvalue weighted by Crippen LogP contribution is 2.31. The fraction of sp³-hybridized carbons (Fsp3) is 0.304. The second kappa shape index (κ2) is 10.5. The number of guanidine groups is 1. The molecule has 0 saturated heterocycles. The van der Waals surface area contributed by atoms with Gasteiger partial charge in [0.25, 0.3) is 0 Å². The van der Waals surface area contributed by atoms with Crippen molar-refractivity contribution in [1.82, 2.24) is 15.2 Å². The maximum Gasteiger partial charge on any atom is 0.214 e. The Bertz CT molecular complexity index is 1030. The first-order valence-electron chi connectivity index (χ1n) is 9.94. The van der Waals surface area contributed by atoms with Gasteiger partial charge in [0.2, 0.25) is 5.89 Å². The molecule has 1 aliphatic heterocycles. The van der Waals surface area contributed by atoms with Gasteiger partial charge >= 0.3 is 0 Å². The van der Waals surface area contributed by atoms with E-state index in [-0.39, 0.29) is 24.0 Å². The molecule has 0 spiro atoms. The maximum atomic E-state index is 5.89. The average molecular weight is 534 g/mol. The van der Waals surface area contributed by atoms with E-state index < -0.39 is 0 Å². The van der Waals surface area contributed by atoms with E-state index >= 15 is 0 Å². The number of benzene rings is 2. The lowest BCUT2D eigenvalue weighted by molar-refractivity contribution is 0.171. The monoisotopic (exact) mass is 534 g/mol. The molecule has 164 valence electrons. The fourth-order valence-electron chi connectivity index (χ4n) is 3.32. The number of nitrogens with zero attached hydrogens (tertiary/aromatic N) is 3. The summed E-state index contributed by atoms with van der Waals surface area (Å²) in [6.07, 6.45) is 1.75. The standard InChI is InChI=1S/C23H26N4O3.HI/c1-16-4-7-18(8-5-16)21-13-25-22(30-21)14-26-23(24-2)27(3)15-17-6-9-19-20(12-17)29-11-10-28-19;/h4-9,12-13H,10-11,14-15H2,1-3H3,(H,24,26);1H. The topological polar surface area (TPSA) is 72.1 Å². The Kier molecular flexibility index (Phi) is 7.78. The number of halogens is 1. The number of aliphatic imine (C=N–C) groups is 1. The van der Waals surface area contributed by atoms with E-state index in [9.17, 15) is 0 Å². The number of hydrogen-bond acceptors (Lipinski definition) is 5. The summed E-state index contributed by atoms with van der Waals surface area (Å²) in [6.45, 7) is 4.36. The number of aromatic nitrogens is 1. The van der Waals surface area contributed by atoms with Crippen LogP contribution in [0.25, 0.3) is 11.3 Å². The highest BCUT2D eigenvalue weighted by molar-refractivity contribution is 14.0. The van der Waals surface area contributed by atoms with Crippen LogP contribution in [0.3, 0.4) is 0 Å². The third-order valence-electron chi connectivity index (χ3n) is 4.89. The third-order valence-corrected chi connectivity index (χ3v) is 4.89. The molecule has 3 aromatic rings. The summed E-state index contributed by atoms with van der Waals surface area (Å²) >= 11 is 0. The second-order valence-electron chi connectivity index (χ2n) is 7.22. The van der Waals surface area contributed by atoms with Crippen LogP contribution in [0.15, 0.2) is 58.1 Å². The summed E-state index contributed by atoms with van der Waals surface area (Å²) in [5, 5.41) is 3.31. The summed E-state index contributed by atoms with van der Waals surface area (Å²) < 4.78 is 17.1. The van der Waals surface area contributed by atoms with Crippen LogP contribution in [-0.4, -0.2) is 43.2 Å². The second-order valence-corrected chi connectivity index (χ2v) is 7.22. The van der Waals surface area contributed by atoms with Gasteiger partial charge < -0.3 is 24.1 Å². The van der Waals surface area contributed by atoms with Crippen LogP contribution in [0.2, 0.25) is 0 Å². The molecule has 31 heavy (non-hydrogen) atoms. The molecule has 0 aliphatic carbocycles. The molecule has 4 rings (SSSR count). The zero-order chi connectivity index (χ0) is 20.9. The van der Waals surface area contributed by atoms with Crippen LogP contribution < -0.4 is 14.8 Å². The first kappa shape index (κ1) is 22.9. The van der Waals surface area contributed by atoms with Gasteiger partial charge in [-0.15, -0.1) is 24.0 Å². The Balaban J connectivity index is 0.00000272. The molecule has 8 heteroatoms. The zero-order valence-corrected chi connectivity index (χ0v) is 20.3. The van der Waals surface area contributed by atoms with E-state index in [1.807, 2.05) is 42.3 Å². The average Bonchev–Trinajstić information content (AvgIpc) is 3.23. The van der Waals surface area contributed by atoms with Crippen LogP contribution >= 0.6 is 24.0 Å². The van der Waals surface area contributed by atoms with Gasteiger partial charge in [-0.1, -0.05) is 35.9 Å². The molecule has 0 saturated carbocycles. The van der Waals surface area contributed by atoms with Crippen molar-refractivity contribution >= 4 is 29.9 Å². The molecule has 1 N–H and O–H groups in total. The number of nitrogens with one attached hydrogen (secondary N) is 1. The lowest BCUT2D eigenvalue weighted by Crippen LogP contribution is -2.38. The summed E-state index contributed by atoms with van der Waals surface area (Å²) in [7, 11) is 3.75. The highest BCUT2D eigenvalue weighted by Gasteiger charge is 2.14. The van der Waals surface area contributed by atoms with Gasteiger partial charge in [-0.3, -0.25) is 4.99 Å². The largest absolute Gasteiger partial charge is 0.486 e. The van der Waals surface area contributed by atoms with E-state index in [0.717, 1.165) is 34.3 Å². The molecule has 1 aliphatic rings. The fourth-order valence-corrected chi connectivity index (χ4v) is 3.32. The predicted octanol–water partition coefficient (Wildman–Crippen LogP) is 4.25. The summed E-state index contributed by atoms with van der Waals surface area (Å²) in [6, 6.07) is 14.2. The Labute approximate surface area is 199 Å². The molecule has 0 unspecified atom stereocenters. The van der Waals surface area contributed by atoms with Gasteiger partial charge in [-0.2, -0.15) is 0 Å². The lowest BCUT2D eigenvalue weighted by atomic mass is 10.1. The zero-order valence-electron chi connectivity index (χ0n) is 17.9. The van der Waals surface area contributed by atoms with Gasteiger partial charge in [0.15, 0.2) is 23.2 Å².